The summed E-state index contributed by atoms with van der Waals surface area (Å²) in [6.45, 7) is 5.02. The fourth-order valence-electron chi connectivity index (χ4n) is 6.43. The van der Waals surface area contributed by atoms with Crippen LogP contribution in [0.3, 0.4) is 0 Å². The number of nitrogens with one attached hydrogen (secondary N) is 2. The fourth-order valence-corrected chi connectivity index (χ4v) is 6.43. The molecule has 9 heteroatoms. The Balaban J connectivity index is 1.03. The van der Waals surface area contributed by atoms with Crippen LogP contribution in [-0.2, 0) is 6.61 Å². The van der Waals surface area contributed by atoms with E-state index in [-0.39, 0.29) is 24.0 Å². The number of piperidine rings is 1. The van der Waals surface area contributed by atoms with E-state index in [0.29, 0.717) is 30.9 Å². The topological polar surface area (TPSA) is 120 Å². The Morgan fingerprint density at radius 2 is 2.00 bits per heavy atom. The van der Waals surface area contributed by atoms with Crippen molar-refractivity contribution in [3.8, 4) is 11.5 Å². The van der Waals surface area contributed by atoms with Crippen molar-refractivity contribution in [2.75, 3.05) is 26.7 Å². The van der Waals surface area contributed by atoms with Crippen molar-refractivity contribution >= 4 is 27.8 Å². The van der Waals surface area contributed by atoms with Gasteiger partial charge in [-0.05, 0) is 74.8 Å². The average Bonchev–Trinajstić information content (AvgIpc) is 3.62. The molecule has 1 saturated carbocycles. The van der Waals surface area contributed by atoms with Crippen molar-refractivity contribution in [1.82, 2.24) is 15.2 Å². The highest BCUT2D eigenvalue weighted by molar-refractivity contribution is 5.99. The van der Waals surface area contributed by atoms with Gasteiger partial charge in [-0.2, -0.15) is 0 Å². The number of hydrogen-bond acceptors (Lipinski definition) is 7. The molecular formula is C33H41N3O6. The van der Waals surface area contributed by atoms with Gasteiger partial charge >= 0.3 is 0 Å². The second kappa shape index (κ2) is 12.0. The van der Waals surface area contributed by atoms with Crippen molar-refractivity contribution in [1.29, 1.82) is 0 Å². The molecule has 2 aromatic heterocycles. The molecule has 0 bridgehead atoms. The summed E-state index contributed by atoms with van der Waals surface area (Å²) in [5, 5.41) is 26.2. The first kappa shape index (κ1) is 28.6. The fraction of sp³-hybridized carbons (Fsp3) is 0.485. The van der Waals surface area contributed by atoms with Gasteiger partial charge in [0.15, 0.2) is 0 Å². The lowest BCUT2D eigenvalue weighted by Crippen LogP contribution is -2.47. The number of H-pyrrole nitrogens is 1. The molecule has 2 atom stereocenters. The van der Waals surface area contributed by atoms with E-state index < -0.39 is 5.60 Å². The maximum absolute atomic E-state index is 13.2. The van der Waals surface area contributed by atoms with Crippen LogP contribution < -0.4 is 14.8 Å². The third kappa shape index (κ3) is 6.14. The number of carbonyl (C=O) groups is 1. The number of methoxy groups -OCH3 is 1. The van der Waals surface area contributed by atoms with E-state index >= 15 is 0 Å². The van der Waals surface area contributed by atoms with Crippen LogP contribution in [0.25, 0.3) is 21.9 Å². The van der Waals surface area contributed by atoms with Gasteiger partial charge < -0.3 is 39.3 Å². The van der Waals surface area contributed by atoms with E-state index in [1.165, 1.54) is 0 Å². The maximum Gasteiger partial charge on any atom is 0.267 e. The van der Waals surface area contributed by atoms with E-state index in [2.05, 4.69) is 22.1 Å². The highest BCUT2D eigenvalue weighted by Gasteiger charge is 2.35. The molecule has 2 aromatic carbocycles. The molecule has 2 fully saturated rings. The first-order valence-corrected chi connectivity index (χ1v) is 15.0. The number of aromatic amines is 1. The molecule has 0 spiro atoms. The second-order valence-corrected chi connectivity index (χ2v) is 12.2. The lowest BCUT2D eigenvalue weighted by atomic mass is 9.80. The summed E-state index contributed by atoms with van der Waals surface area (Å²) in [6.07, 6.45) is 5.84. The van der Waals surface area contributed by atoms with Crippen molar-refractivity contribution in [3.63, 3.8) is 0 Å². The van der Waals surface area contributed by atoms with E-state index in [0.717, 1.165) is 78.5 Å². The van der Waals surface area contributed by atoms with Crippen LogP contribution in [0, 0.1) is 5.92 Å². The molecule has 1 saturated heterocycles. The lowest BCUT2D eigenvalue weighted by molar-refractivity contribution is -0.0272. The van der Waals surface area contributed by atoms with Crippen molar-refractivity contribution in [2.45, 2.75) is 69.8 Å². The Hall–Kier alpha value is -3.53. The zero-order valence-electron chi connectivity index (χ0n) is 24.4. The third-order valence-electron chi connectivity index (χ3n) is 9.20. The third-order valence-corrected chi connectivity index (χ3v) is 9.20. The number of likely N-dealkylation sites (tertiary alicyclic amines) is 1. The molecular weight excluding hydrogens is 534 g/mol. The summed E-state index contributed by atoms with van der Waals surface area (Å²) in [7, 11) is 1.63. The van der Waals surface area contributed by atoms with Crippen LogP contribution in [0.2, 0.25) is 0 Å². The predicted octanol–water partition coefficient (Wildman–Crippen LogP) is 5.00. The molecule has 0 unspecified atom stereocenters. The molecule has 224 valence electrons. The first-order valence-electron chi connectivity index (χ1n) is 15.0. The number of aliphatic hydroxyl groups is 2. The maximum atomic E-state index is 13.2. The Morgan fingerprint density at radius 1 is 1.17 bits per heavy atom. The summed E-state index contributed by atoms with van der Waals surface area (Å²) < 4.78 is 17.2. The number of nitrogens with zero attached hydrogens (tertiary/aromatic N) is 1. The SMILES string of the molecule is COc1ccc2c(COc3cccc4[nH]c(C(=O)N[C@H]5CC[C@](O)(CCN6CC[C@H](O)[C@@H](C)C6)CC5)cc34)coc2c1. The molecule has 4 N–H and O–H groups in total. The van der Waals surface area contributed by atoms with Gasteiger partial charge in [0, 0.05) is 53.6 Å². The summed E-state index contributed by atoms with van der Waals surface area (Å²) in [5.41, 5.74) is 2.30. The number of ether oxygens (including phenoxy) is 2. The van der Waals surface area contributed by atoms with Gasteiger partial charge in [0.1, 0.15) is 29.4 Å². The van der Waals surface area contributed by atoms with Gasteiger partial charge in [-0.15, -0.1) is 0 Å². The molecule has 3 heterocycles. The summed E-state index contributed by atoms with van der Waals surface area (Å²) in [6, 6.07) is 13.3. The minimum Gasteiger partial charge on any atom is -0.497 e. The Bertz CT molecular complexity index is 1540. The van der Waals surface area contributed by atoms with E-state index in [1.807, 2.05) is 42.5 Å². The standard InChI is InChI=1S/C33H41N3O6/c1-21-18-36(14-10-29(21)37)15-13-33(39)11-8-23(9-12-33)34-32(38)28-17-26-27(35-28)4-3-5-30(26)41-19-22-20-42-31-16-24(40-2)6-7-25(22)31/h3-7,16-17,20-21,23,29,35,37,39H,8-15,18-19H2,1-2H3,(H,34,38)/t21-,23-,29-,33+/m0/s1. The molecule has 1 aliphatic heterocycles. The summed E-state index contributed by atoms with van der Waals surface area (Å²) in [4.78, 5) is 18.8. The predicted molar refractivity (Wildman–Crippen MR) is 161 cm³/mol. The minimum atomic E-state index is -0.694. The number of hydrogen-bond donors (Lipinski definition) is 4. The van der Waals surface area contributed by atoms with Gasteiger partial charge in [-0.3, -0.25) is 4.79 Å². The summed E-state index contributed by atoms with van der Waals surface area (Å²) in [5.74, 6) is 1.55. The van der Waals surface area contributed by atoms with Crippen LogP contribution in [0.15, 0.2) is 53.1 Å². The average molecular weight is 576 g/mol. The van der Waals surface area contributed by atoms with Gasteiger partial charge in [0.2, 0.25) is 0 Å². The van der Waals surface area contributed by atoms with E-state index in [9.17, 15) is 15.0 Å². The van der Waals surface area contributed by atoms with Gasteiger partial charge in [0.25, 0.3) is 5.91 Å². The number of aromatic nitrogens is 1. The largest absolute Gasteiger partial charge is 0.497 e. The molecule has 0 radical (unpaired) electrons. The van der Waals surface area contributed by atoms with Crippen LogP contribution in [0.5, 0.6) is 11.5 Å². The molecule has 6 rings (SSSR count). The number of carbonyl (C=O) groups excluding carboxylic acids is 1. The number of fused-ring (bicyclic) bond motifs is 2. The van der Waals surface area contributed by atoms with Gasteiger partial charge in [0.05, 0.1) is 25.1 Å². The molecule has 9 nitrogen and oxygen atoms in total. The zero-order chi connectivity index (χ0) is 29.3. The number of furan rings is 1. The highest BCUT2D eigenvalue weighted by atomic mass is 16.5. The molecule has 1 amide bonds. The van der Waals surface area contributed by atoms with Crippen molar-refractivity contribution in [3.05, 3.63) is 60.0 Å². The van der Waals surface area contributed by atoms with E-state index in [4.69, 9.17) is 13.9 Å². The number of rotatable bonds is 9. The number of aliphatic hydroxyl groups excluding tert-OH is 1. The van der Waals surface area contributed by atoms with Crippen LogP contribution in [0.1, 0.15) is 61.5 Å². The second-order valence-electron chi connectivity index (χ2n) is 12.2. The van der Waals surface area contributed by atoms with Crippen molar-refractivity contribution < 1.29 is 28.9 Å². The first-order chi connectivity index (χ1) is 20.3. The number of amides is 1. The van der Waals surface area contributed by atoms with Crippen LogP contribution >= 0.6 is 0 Å². The Kier molecular flexibility index (Phi) is 8.16. The normalized spacial score (nSPS) is 25.1. The number of benzene rings is 2. The van der Waals surface area contributed by atoms with E-state index in [1.54, 1.807) is 13.4 Å². The Morgan fingerprint density at radius 3 is 2.79 bits per heavy atom. The minimum absolute atomic E-state index is 0.0260. The van der Waals surface area contributed by atoms with Crippen LogP contribution in [0.4, 0.5) is 0 Å². The molecule has 2 aliphatic rings. The van der Waals surface area contributed by atoms with Crippen molar-refractivity contribution in [2.24, 2.45) is 5.92 Å². The summed E-state index contributed by atoms with van der Waals surface area (Å²) >= 11 is 0. The quantitative estimate of drug-likeness (QED) is 0.222. The zero-order valence-corrected chi connectivity index (χ0v) is 24.4. The molecule has 1 aliphatic carbocycles. The smallest absolute Gasteiger partial charge is 0.267 e. The van der Waals surface area contributed by atoms with Crippen LogP contribution in [-0.4, -0.2) is 70.5 Å². The molecule has 42 heavy (non-hydrogen) atoms. The highest BCUT2D eigenvalue weighted by Crippen LogP contribution is 2.33. The Labute approximate surface area is 245 Å². The molecule has 4 aromatic rings. The van der Waals surface area contributed by atoms with Gasteiger partial charge in [-0.25, -0.2) is 0 Å². The van der Waals surface area contributed by atoms with Gasteiger partial charge in [-0.1, -0.05) is 13.0 Å². The lowest BCUT2D eigenvalue weighted by Gasteiger charge is -2.39. The monoisotopic (exact) mass is 575 g/mol.